The maximum Gasteiger partial charge on any atom is 0.105 e. The molecule has 0 unspecified atom stereocenters. The zero-order chi connectivity index (χ0) is 26.6. The SMILES string of the molecule is CCC/C=C/CCCCCCCCCCC[N+](Cc1ccccc1)(Cc1ccccc1)Cc1ccccc1. The van der Waals surface area contributed by atoms with E-state index in [9.17, 15) is 0 Å². The quantitative estimate of drug-likeness (QED) is 0.0805. The van der Waals surface area contributed by atoms with Crippen LogP contribution in [0.1, 0.15) is 101 Å². The molecular formula is C37H52N+. The molecule has 0 N–H and O–H groups in total. The molecule has 3 rings (SSSR count). The molecule has 0 fully saturated rings. The summed E-state index contributed by atoms with van der Waals surface area (Å²) in [7, 11) is 0. The molecule has 0 atom stereocenters. The summed E-state index contributed by atoms with van der Waals surface area (Å²) in [5.74, 6) is 0. The van der Waals surface area contributed by atoms with Crippen LogP contribution in [0.25, 0.3) is 0 Å². The number of rotatable bonds is 20. The van der Waals surface area contributed by atoms with Crippen LogP contribution < -0.4 is 0 Å². The zero-order valence-corrected chi connectivity index (χ0v) is 24.1. The van der Waals surface area contributed by atoms with Crippen molar-refractivity contribution in [3.63, 3.8) is 0 Å². The van der Waals surface area contributed by atoms with Gasteiger partial charge in [0.05, 0.1) is 6.54 Å². The Morgan fingerprint density at radius 2 is 0.816 bits per heavy atom. The molecule has 0 aliphatic heterocycles. The van der Waals surface area contributed by atoms with Gasteiger partial charge in [0.1, 0.15) is 19.6 Å². The fourth-order valence-corrected chi connectivity index (χ4v) is 5.67. The zero-order valence-electron chi connectivity index (χ0n) is 24.1. The third-order valence-corrected chi connectivity index (χ3v) is 7.71. The summed E-state index contributed by atoms with van der Waals surface area (Å²) >= 11 is 0. The summed E-state index contributed by atoms with van der Waals surface area (Å²) < 4.78 is 1.09. The van der Waals surface area contributed by atoms with Gasteiger partial charge in [0.2, 0.25) is 0 Å². The second-order valence-corrected chi connectivity index (χ2v) is 11.2. The lowest BCUT2D eigenvalue weighted by molar-refractivity contribution is -0.966. The van der Waals surface area contributed by atoms with Crippen LogP contribution in [-0.2, 0) is 19.6 Å². The summed E-state index contributed by atoms with van der Waals surface area (Å²) in [6, 6.07) is 33.4. The first kappa shape index (κ1) is 29.9. The molecule has 0 saturated heterocycles. The smallest absolute Gasteiger partial charge is 0.105 e. The summed E-state index contributed by atoms with van der Waals surface area (Å²) in [6.45, 7) is 6.72. The van der Waals surface area contributed by atoms with Crippen LogP contribution >= 0.6 is 0 Å². The van der Waals surface area contributed by atoms with Crippen molar-refractivity contribution in [2.24, 2.45) is 0 Å². The van der Waals surface area contributed by atoms with Gasteiger partial charge in [-0.1, -0.05) is 155 Å². The van der Waals surface area contributed by atoms with Crippen molar-refractivity contribution in [1.29, 1.82) is 0 Å². The Morgan fingerprint density at radius 3 is 1.24 bits per heavy atom. The normalized spacial score (nSPS) is 11.8. The average Bonchev–Trinajstić information content (AvgIpc) is 2.95. The molecule has 0 amide bonds. The van der Waals surface area contributed by atoms with E-state index >= 15 is 0 Å². The summed E-state index contributed by atoms with van der Waals surface area (Å²) in [4.78, 5) is 0. The molecule has 1 nitrogen and oxygen atoms in total. The molecule has 0 bridgehead atoms. The number of quaternary nitrogens is 1. The number of unbranched alkanes of at least 4 members (excludes halogenated alkanes) is 10. The van der Waals surface area contributed by atoms with E-state index in [0.717, 1.165) is 24.1 Å². The van der Waals surface area contributed by atoms with Gasteiger partial charge in [-0.3, -0.25) is 0 Å². The summed E-state index contributed by atoms with van der Waals surface area (Å²) in [6.07, 6.45) is 20.9. The topological polar surface area (TPSA) is 0 Å². The maximum absolute atomic E-state index is 2.38. The van der Waals surface area contributed by atoms with Gasteiger partial charge in [-0.05, 0) is 32.1 Å². The minimum atomic E-state index is 1.08. The minimum absolute atomic E-state index is 1.08. The van der Waals surface area contributed by atoms with Crippen molar-refractivity contribution >= 4 is 0 Å². The fraction of sp³-hybridized carbons (Fsp3) is 0.459. The third kappa shape index (κ3) is 12.3. The van der Waals surface area contributed by atoms with E-state index in [1.807, 2.05) is 0 Å². The van der Waals surface area contributed by atoms with Gasteiger partial charge in [-0.15, -0.1) is 0 Å². The largest absolute Gasteiger partial charge is 0.312 e. The van der Waals surface area contributed by atoms with Crippen LogP contribution in [0.15, 0.2) is 103 Å². The second kappa shape index (κ2) is 18.6. The van der Waals surface area contributed by atoms with Crippen molar-refractivity contribution in [2.75, 3.05) is 6.54 Å². The average molecular weight is 511 g/mol. The fourth-order valence-electron chi connectivity index (χ4n) is 5.67. The van der Waals surface area contributed by atoms with Crippen LogP contribution in [0.4, 0.5) is 0 Å². The number of allylic oxidation sites excluding steroid dienone is 2. The van der Waals surface area contributed by atoms with E-state index in [2.05, 4.69) is 110 Å². The molecule has 204 valence electrons. The Kier molecular flexibility index (Phi) is 14.6. The van der Waals surface area contributed by atoms with E-state index in [4.69, 9.17) is 0 Å². The first-order chi connectivity index (χ1) is 18.8. The molecule has 0 aliphatic rings. The Balaban J connectivity index is 1.50. The van der Waals surface area contributed by atoms with Gasteiger partial charge in [-0.2, -0.15) is 0 Å². The monoisotopic (exact) mass is 510 g/mol. The number of hydrogen-bond acceptors (Lipinski definition) is 0. The molecule has 38 heavy (non-hydrogen) atoms. The van der Waals surface area contributed by atoms with Crippen LogP contribution in [0.3, 0.4) is 0 Å². The van der Waals surface area contributed by atoms with Crippen molar-refractivity contribution < 1.29 is 4.48 Å². The Labute approximate surface area is 234 Å². The standard InChI is InChI=1S/C37H52N/c1-2-3-4-5-6-7-8-9-10-11-12-13-14-24-31-38(32-35-25-18-15-19-26-35,33-36-27-20-16-21-28-36)34-37-29-22-17-23-30-37/h4-5,15-23,25-30H,2-3,6-14,24,31-34H2,1H3/q+1/b5-4+. The lowest BCUT2D eigenvalue weighted by atomic mass is 10.0. The first-order valence-corrected chi connectivity index (χ1v) is 15.4. The maximum atomic E-state index is 2.38. The van der Waals surface area contributed by atoms with E-state index < -0.39 is 0 Å². The predicted molar refractivity (Wildman–Crippen MR) is 166 cm³/mol. The lowest BCUT2D eigenvalue weighted by Crippen LogP contribution is -2.46. The van der Waals surface area contributed by atoms with Crippen LogP contribution in [0, 0.1) is 0 Å². The Morgan fingerprint density at radius 1 is 0.447 bits per heavy atom. The molecule has 0 aliphatic carbocycles. The molecule has 0 spiro atoms. The summed E-state index contributed by atoms with van der Waals surface area (Å²) in [5.41, 5.74) is 4.33. The highest BCUT2D eigenvalue weighted by Crippen LogP contribution is 2.26. The molecule has 1 heteroatoms. The van der Waals surface area contributed by atoms with Crippen molar-refractivity contribution in [3.8, 4) is 0 Å². The molecule has 3 aromatic rings. The van der Waals surface area contributed by atoms with Crippen LogP contribution in [0.2, 0.25) is 0 Å². The second-order valence-electron chi connectivity index (χ2n) is 11.2. The number of benzene rings is 3. The Bertz CT molecular complexity index is 876. The van der Waals surface area contributed by atoms with E-state index in [0.29, 0.717) is 0 Å². The number of hydrogen-bond donors (Lipinski definition) is 0. The van der Waals surface area contributed by atoms with Gasteiger partial charge >= 0.3 is 0 Å². The molecule has 0 aromatic heterocycles. The van der Waals surface area contributed by atoms with Gasteiger partial charge in [0, 0.05) is 16.7 Å². The van der Waals surface area contributed by atoms with Gasteiger partial charge in [-0.25, -0.2) is 0 Å². The summed E-state index contributed by atoms with van der Waals surface area (Å²) in [5, 5.41) is 0. The minimum Gasteiger partial charge on any atom is -0.312 e. The molecule has 0 heterocycles. The van der Waals surface area contributed by atoms with Crippen LogP contribution in [0.5, 0.6) is 0 Å². The number of nitrogens with zero attached hydrogens (tertiary/aromatic N) is 1. The third-order valence-electron chi connectivity index (χ3n) is 7.71. The lowest BCUT2D eigenvalue weighted by Gasteiger charge is -2.39. The molecule has 3 aromatic carbocycles. The van der Waals surface area contributed by atoms with Gasteiger partial charge in [0.15, 0.2) is 0 Å². The van der Waals surface area contributed by atoms with E-state index in [1.54, 1.807) is 0 Å². The predicted octanol–water partition coefficient (Wildman–Crippen LogP) is 10.7. The van der Waals surface area contributed by atoms with Gasteiger partial charge < -0.3 is 4.48 Å². The first-order valence-electron chi connectivity index (χ1n) is 15.4. The molecule has 0 saturated carbocycles. The van der Waals surface area contributed by atoms with Crippen molar-refractivity contribution in [3.05, 3.63) is 120 Å². The highest BCUT2D eigenvalue weighted by molar-refractivity contribution is 5.17. The highest BCUT2D eigenvalue weighted by atomic mass is 15.3. The molecular weight excluding hydrogens is 458 g/mol. The van der Waals surface area contributed by atoms with Crippen molar-refractivity contribution in [2.45, 2.75) is 104 Å². The van der Waals surface area contributed by atoms with Crippen LogP contribution in [-0.4, -0.2) is 11.0 Å². The van der Waals surface area contributed by atoms with E-state index in [-0.39, 0.29) is 0 Å². The van der Waals surface area contributed by atoms with Gasteiger partial charge in [0.25, 0.3) is 0 Å². The highest BCUT2D eigenvalue weighted by Gasteiger charge is 2.28. The van der Waals surface area contributed by atoms with E-state index in [1.165, 1.54) is 100 Å². The molecule has 0 radical (unpaired) electrons. The Hall–Kier alpha value is -2.64. The van der Waals surface area contributed by atoms with Crippen molar-refractivity contribution in [1.82, 2.24) is 0 Å².